The van der Waals surface area contributed by atoms with Crippen LogP contribution in [0.1, 0.15) is 33.6 Å². The van der Waals surface area contributed by atoms with Gasteiger partial charge < -0.3 is 14.5 Å². The van der Waals surface area contributed by atoms with Crippen LogP contribution in [0.25, 0.3) is 11.1 Å². The summed E-state index contributed by atoms with van der Waals surface area (Å²) in [6.07, 6.45) is 0.573. The topological polar surface area (TPSA) is 67.9 Å². The molecule has 0 fully saturated rings. The van der Waals surface area contributed by atoms with Crippen LogP contribution in [0, 0.1) is 0 Å². The minimum atomic E-state index is -0.762. The zero-order valence-corrected chi connectivity index (χ0v) is 13.4. The van der Waals surface area contributed by atoms with Gasteiger partial charge >= 0.3 is 12.2 Å². The number of hydrogen-bond acceptors (Lipinski definition) is 4. The van der Waals surface area contributed by atoms with E-state index < -0.39 is 12.2 Å². The first kappa shape index (κ1) is 17.8. The molecule has 0 saturated heterocycles. The number of nitrogens with one attached hydrogen (secondary N) is 1. The number of hydroxylamine groups is 1. The van der Waals surface area contributed by atoms with E-state index in [9.17, 15) is 9.59 Å². The Balaban J connectivity index is 0.000000323. The van der Waals surface area contributed by atoms with Crippen molar-refractivity contribution in [2.45, 2.75) is 33.6 Å². The zero-order valence-electron chi connectivity index (χ0n) is 13.4. The van der Waals surface area contributed by atoms with Crippen LogP contribution in [0.2, 0.25) is 0 Å². The number of carbonyl (C=O) groups is 2. The van der Waals surface area contributed by atoms with Gasteiger partial charge in [0.15, 0.2) is 0 Å². The number of ether oxygens (including phenoxy) is 1. The normalized spacial score (nSPS) is 9.95. The van der Waals surface area contributed by atoms with Crippen molar-refractivity contribution in [3.05, 3.63) is 24.3 Å². The van der Waals surface area contributed by atoms with Crippen molar-refractivity contribution in [2.24, 2.45) is 0 Å². The Morgan fingerprint density at radius 3 is 2.27 bits per heavy atom. The zero-order chi connectivity index (χ0) is 16.4. The standard InChI is InChI=1S/C10H20N2O4.C6H4/c1-4-7-8-12(5-2)10(14)16-11-9(13)15-6-3;1-2-5-4-6(5)3-1/h4-8H2,1-3H3,(H,11,13);1-4H. The number of amides is 2. The van der Waals surface area contributed by atoms with Crippen LogP contribution in [0.3, 0.4) is 0 Å². The van der Waals surface area contributed by atoms with Gasteiger partial charge in [0.1, 0.15) is 0 Å². The minimum Gasteiger partial charge on any atom is -0.448 e. The van der Waals surface area contributed by atoms with Crippen molar-refractivity contribution >= 4 is 12.2 Å². The number of rotatable bonds is 5. The summed E-state index contributed by atoms with van der Waals surface area (Å²) in [5.74, 6) is 0. The summed E-state index contributed by atoms with van der Waals surface area (Å²) < 4.78 is 4.54. The molecule has 22 heavy (non-hydrogen) atoms. The highest BCUT2D eigenvalue weighted by molar-refractivity contribution is 5.80. The van der Waals surface area contributed by atoms with Gasteiger partial charge in [0, 0.05) is 13.1 Å². The van der Waals surface area contributed by atoms with Crippen LogP contribution in [0.5, 0.6) is 0 Å². The van der Waals surface area contributed by atoms with Crippen molar-refractivity contribution in [3.8, 4) is 11.1 Å². The molecule has 0 unspecified atom stereocenters. The molecule has 0 saturated carbocycles. The van der Waals surface area contributed by atoms with E-state index in [1.54, 1.807) is 6.92 Å². The number of nitrogens with zero attached hydrogens (tertiary/aromatic N) is 1. The van der Waals surface area contributed by atoms with Gasteiger partial charge in [-0.15, -0.1) is 5.48 Å². The Morgan fingerprint density at radius 2 is 1.86 bits per heavy atom. The molecule has 0 bridgehead atoms. The average Bonchev–Trinajstić information content (AvgIpc) is 3.12. The van der Waals surface area contributed by atoms with Crippen LogP contribution in [0.15, 0.2) is 24.3 Å². The quantitative estimate of drug-likeness (QED) is 0.857. The maximum atomic E-state index is 11.4. The van der Waals surface area contributed by atoms with E-state index in [1.807, 2.05) is 19.3 Å². The highest BCUT2D eigenvalue weighted by Crippen LogP contribution is 2.32. The molecule has 2 aliphatic rings. The second-order valence-electron chi connectivity index (χ2n) is 4.70. The molecular formula is C16H24N2O4. The predicted molar refractivity (Wildman–Crippen MR) is 84.2 cm³/mol. The smallest absolute Gasteiger partial charge is 0.440 e. The number of hydrogen-bond donors (Lipinski definition) is 1. The van der Waals surface area contributed by atoms with Crippen LogP contribution < -0.4 is 5.48 Å². The molecular weight excluding hydrogens is 284 g/mol. The second-order valence-corrected chi connectivity index (χ2v) is 4.70. The molecule has 0 aliphatic heterocycles. The Labute approximate surface area is 131 Å². The van der Waals surface area contributed by atoms with Gasteiger partial charge in [-0.2, -0.15) is 0 Å². The monoisotopic (exact) mass is 308 g/mol. The minimum absolute atomic E-state index is 0.233. The van der Waals surface area contributed by atoms with Crippen molar-refractivity contribution in [3.63, 3.8) is 0 Å². The summed E-state index contributed by atoms with van der Waals surface area (Å²) >= 11 is 0. The lowest BCUT2D eigenvalue weighted by atomic mass is 10.3. The van der Waals surface area contributed by atoms with Crippen LogP contribution in [-0.4, -0.2) is 36.8 Å². The van der Waals surface area contributed by atoms with E-state index in [-0.39, 0.29) is 6.61 Å². The van der Waals surface area contributed by atoms with Gasteiger partial charge in [-0.25, -0.2) is 9.59 Å². The van der Waals surface area contributed by atoms with Crippen LogP contribution in [0.4, 0.5) is 9.59 Å². The first-order chi connectivity index (χ1) is 10.6. The van der Waals surface area contributed by atoms with Gasteiger partial charge in [0.2, 0.25) is 0 Å². The highest BCUT2D eigenvalue weighted by atomic mass is 16.7. The Morgan fingerprint density at radius 1 is 1.18 bits per heavy atom. The molecule has 2 rings (SSSR count). The molecule has 0 spiro atoms. The fourth-order valence-corrected chi connectivity index (χ4v) is 1.71. The van der Waals surface area contributed by atoms with Gasteiger partial charge in [0.25, 0.3) is 0 Å². The fourth-order valence-electron chi connectivity index (χ4n) is 1.71. The maximum Gasteiger partial charge on any atom is 0.440 e. The van der Waals surface area contributed by atoms with Gasteiger partial charge in [-0.3, -0.25) is 0 Å². The Hall–Kier alpha value is -2.24. The molecule has 6 heteroatoms. The predicted octanol–water partition coefficient (Wildman–Crippen LogP) is 3.57. The summed E-state index contributed by atoms with van der Waals surface area (Å²) in [5, 5.41) is 0. The molecule has 0 aromatic carbocycles. The summed E-state index contributed by atoms with van der Waals surface area (Å²) in [6.45, 7) is 6.95. The van der Waals surface area contributed by atoms with Crippen molar-refractivity contribution < 1.29 is 19.2 Å². The first-order valence-corrected chi connectivity index (χ1v) is 7.61. The van der Waals surface area contributed by atoms with E-state index in [0.29, 0.717) is 13.1 Å². The number of fused-ring (bicyclic) bond motifs is 1. The van der Waals surface area contributed by atoms with Crippen molar-refractivity contribution in [2.75, 3.05) is 19.7 Å². The average molecular weight is 308 g/mol. The maximum absolute atomic E-state index is 11.4. The summed E-state index contributed by atoms with van der Waals surface area (Å²) in [7, 11) is 0. The lowest BCUT2D eigenvalue weighted by Crippen LogP contribution is -2.38. The fraction of sp³-hybridized carbons (Fsp3) is 0.500. The summed E-state index contributed by atoms with van der Waals surface area (Å²) in [4.78, 5) is 28.3. The van der Waals surface area contributed by atoms with E-state index >= 15 is 0 Å². The third-order valence-corrected chi connectivity index (χ3v) is 3.03. The molecule has 0 aromatic rings. The lowest BCUT2D eigenvalue weighted by molar-refractivity contribution is 0.0440. The number of benzene rings is 1. The van der Waals surface area contributed by atoms with Gasteiger partial charge in [-0.1, -0.05) is 31.5 Å². The first-order valence-electron chi connectivity index (χ1n) is 7.61. The largest absolute Gasteiger partial charge is 0.448 e. The molecule has 6 nitrogen and oxygen atoms in total. The summed E-state index contributed by atoms with van der Waals surface area (Å²) in [6, 6.07) is 8.48. The van der Waals surface area contributed by atoms with Crippen molar-refractivity contribution in [1.29, 1.82) is 0 Å². The molecule has 2 amide bonds. The SMILES string of the molecule is CCCCN(CC)C(=O)ONC(=O)OCC.c1cc2cc-2c1. The van der Waals surface area contributed by atoms with Crippen LogP contribution in [-0.2, 0) is 9.57 Å². The molecule has 0 radical (unpaired) electrons. The summed E-state index contributed by atoms with van der Waals surface area (Å²) in [5.41, 5.74) is 4.77. The number of unbranched alkanes of at least 4 members (excludes halogenated alkanes) is 1. The molecule has 122 valence electrons. The molecule has 2 aliphatic carbocycles. The lowest BCUT2D eigenvalue weighted by Gasteiger charge is -2.19. The van der Waals surface area contributed by atoms with Crippen LogP contribution >= 0.6 is 0 Å². The highest BCUT2D eigenvalue weighted by Gasteiger charge is 2.14. The molecule has 0 aromatic heterocycles. The third-order valence-electron chi connectivity index (χ3n) is 3.03. The van der Waals surface area contributed by atoms with Gasteiger partial charge in [-0.05, 0) is 37.5 Å². The van der Waals surface area contributed by atoms with E-state index in [1.165, 1.54) is 16.0 Å². The van der Waals surface area contributed by atoms with E-state index in [4.69, 9.17) is 0 Å². The third kappa shape index (κ3) is 6.47. The molecule has 0 atom stereocenters. The van der Waals surface area contributed by atoms with Crippen molar-refractivity contribution in [1.82, 2.24) is 10.4 Å². The molecule has 0 heterocycles. The Bertz CT molecular complexity index is 474. The van der Waals surface area contributed by atoms with E-state index in [2.05, 4.69) is 33.8 Å². The number of carbonyl (C=O) groups excluding carboxylic acids is 2. The van der Waals surface area contributed by atoms with E-state index in [0.717, 1.165) is 12.8 Å². The second kappa shape index (κ2) is 9.65. The molecule has 1 N–H and O–H groups in total. The Kier molecular flexibility index (Phi) is 7.81. The van der Waals surface area contributed by atoms with Gasteiger partial charge in [0.05, 0.1) is 6.61 Å².